The topological polar surface area (TPSA) is 0 Å². The van der Waals surface area contributed by atoms with E-state index in [0.717, 1.165) is 12.8 Å². The fourth-order valence-electron chi connectivity index (χ4n) is 9.98. The molecule has 0 heteroatoms. The lowest BCUT2D eigenvalue weighted by Gasteiger charge is -2.19. The summed E-state index contributed by atoms with van der Waals surface area (Å²) in [5.41, 5.74) is 23.3. The molecule has 0 saturated carbocycles. The molecule has 0 spiro atoms. The highest BCUT2D eigenvalue weighted by Crippen LogP contribution is 2.42. The first kappa shape index (κ1) is 46.3. The van der Waals surface area contributed by atoms with Crippen molar-refractivity contribution in [3.63, 3.8) is 0 Å². The molecular formula is C66H70. The first-order valence-corrected chi connectivity index (χ1v) is 25.3. The molecule has 0 aliphatic rings. The third-order valence-corrected chi connectivity index (χ3v) is 13.7. The maximum absolute atomic E-state index is 2.60. The average Bonchev–Trinajstić information content (AvgIpc) is 3.37. The highest BCUT2D eigenvalue weighted by atomic mass is 14.2. The molecule has 8 aromatic rings. The molecule has 0 radical (unpaired) electrons. The molecule has 334 valence electrons. The summed E-state index contributed by atoms with van der Waals surface area (Å²) < 4.78 is 0. The largest absolute Gasteiger partial charge is 0.0654 e. The standard InChI is InChI=1S/C66H70/c1-5-7-9-11-13-17-32-53-47-65(57(42-50(53)4)33-18-14-12-10-8-6-2)60-44-59(54-34-26-36-58(43-54)63-38-24-23-37-62(63)56-35-25-27-49(3)41-56)45-61(46-60)66-48-55(51-28-19-15-20-29-51)39-40-64(66)52-30-21-16-22-31-52/h15-16,19-31,34-48H,5-14,17-18,32-33H2,1-4H3. The summed E-state index contributed by atoms with van der Waals surface area (Å²) in [6.45, 7) is 9.17. The fourth-order valence-corrected chi connectivity index (χ4v) is 9.98. The molecule has 0 amide bonds. The van der Waals surface area contributed by atoms with Gasteiger partial charge < -0.3 is 0 Å². The van der Waals surface area contributed by atoms with E-state index in [1.54, 1.807) is 0 Å². The van der Waals surface area contributed by atoms with Crippen molar-refractivity contribution in [1.29, 1.82) is 0 Å². The maximum atomic E-state index is 2.60. The molecule has 0 aromatic heterocycles. The second kappa shape index (κ2) is 23.3. The molecule has 0 aliphatic carbocycles. The van der Waals surface area contributed by atoms with Gasteiger partial charge in [0.2, 0.25) is 0 Å². The number of rotatable bonds is 21. The van der Waals surface area contributed by atoms with Crippen molar-refractivity contribution in [3.8, 4) is 77.9 Å². The number of unbranched alkanes of at least 4 members (excludes halogenated alkanes) is 10. The van der Waals surface area contributed by atoms with Crippen LogP contribution in [0.1, 0.15) is 113 Å². The minimum atomic E-state index is 1.10. The lowest BCUT2D eigenvalue weighted by Crippen LogP contribution is -1.99. The molecule has 0 atom stereocenters. The van der Waals surface area contributed by atoms with Crippen LogP contribution in [0.4, 0.5) is 0 Å². The van der Waals surface area contributed by atoms with Crippen molar-refractivity contribution in [3.05, 3.63) is 204 Å². The summed E-state index contributed by atoms with van der Waals surface area (Å²) in [5, 5.41) is 0. The van der Waals surface area contributed by atoms with E-state index in [9.17, 15) is 0 Å². The van der Waals surface area contributed by atoms with Crippen LogP contribution in [0.25, 0.3) is 77.9 Å². The van der Waals surface area contributed by atoms with E-state index in [1.807, 2.05) is 0 Å². The van der Waals surface area contributed by atoms with E-state index in [0.29, 0.717) is 0 Å². The van der Waals surface area contributed by atoms with Gasteiger partial charge in [0, 0.05) is 0 Å². The summed E-state index contributed by atoms with van der Waals surface area (Å²) >= 11 is 0. The van der Waals surface area contributed by atoms with Crippen LogP contribution in [-0.4, -0.2) is 0 Å². The summed E-state index contributed by atoms with van der Waals surface area (Å²) in [4.78, 5) is 0. The Morgan fingerprint density at radius 2 is 0.727 bits per heavy atom. The molecule has 0 aliphatic heterocycles. The second-order valence-corrected chi connectivity index (χ2v) is 18.8. The minimum Gasteiger partial charge on any atom is -0.0654 e. The Labute approximate surface area is 397 Å². The Bertz CT molecular complexity index is 2790. The lowest BCUT2D eigenvalue weighted by molar-refractivity contribution is 0.605. The summed E-state index contributed by atoms with van der Waals surface area (Å²) in [5.74, 6) is 0. The van der Waals surface area contributed by atoms with E-state index in [-0.39, 0.29) is 0 Å². The van der Waals surface area contributed by atoms with Crippen molar-refractivity contribution in [2.45, 2.75) is 118 Å². The van der Waals surface area contributed by atoms with Gasteiger partial charge in [-0.3, -0.25) is 0 Å². The summed E-state index contributed by atoms with van der Waals surface area (Å²) in [6.07, 6.45) is 17.9. The van der Waals surface area contributed by atoms with Gasteiger partial charge in [-0.05, 0) is 164 Å². The quantitative estimate of drug-likeness (QED) is 0.0632. The van der Waals surface area contributed by atoms with E-state index < -0.39 is 0 Å². The van der Waals surface area contributed by atoms with Crippen LogP contribution >= 0.6 is 0 Å². The minimum absolute atomic E-state index is 1.10. The molecule has 0 unspecified atom stereocenters. The van der Waals surface area contributed by atoms with E-state index in [4.69, 9.17) is 0 Å². The third kappa shape index (κ3) is 11.8. The molecule has 0 N–H and O–H groups in total. The Morgan fingerprint density at radius 3 is 1.38 bits per heavy atom. The SMILES string of the molecule is CCCCCCCCc1cc(-c2cc(-c3cccc(-c4ccccc4-c4cccc(C)c4)c3)cc(-c3cc(-c4ccccc4)ccc3-c3ccccc3)c2)c(CCCCCCCC)cc1C. The van der Waals surface area contributed by atoms with Gasteiger partial charge in [0.25, 0.3) is 0 Å². The van der Waals surface area contributed by atoms with Crippen LogP contribution in [-0.2, 0) is 12.8 Å². The van der Waals surface area contributed by atoms with Crippen LogP contribution in [0.2, 0.25) is 0 Å². The lowest BCUT2D eigenvalue weighted by atomic mass is 9.85. The Kier molecular flexibility index (Phi) is 16.3. The van der Waals surface area contributed by atoms with E-state index in [1.165, 1.54) is 177 Å². The summed E-state index contributed by atoms with van der Waals surface area (Å²) in [7, 11) is 0. The van der Waals surface area contributed by atoms with Crippen molar-refractivity contribution in [2.24, 2.45) is 0 Å². The Balaban J connectivity index is 1.31. The second-order valence-electron chi connectivity index (χ2n) is 18.8. The molecule has 0 fully saturated rings. The summed E-state index contributed by atoms with van der Waals surface area (Å²) in [6, 6.07) is 68.6. The van der Waals surface area contributed by atoms with Crippen LogP contribution in [0.3, 0.4) is 0 Å². The molecule has 8 rings (SSSR count). The predicted octanol–water partition coefficient (Wildman–Crippen LogP) is 19.8. The number of benzene rings is 8. The first-order valence-electron chi connectivity index (χ1n) is 25.3. The van der Waals surface area contributed by atoms with Gasteiger partial charge in [-0.15, -0.1) is 0 Å². The Hall–Kier alpha value is -6.24. The van der Waals surface area contributed by atoms with Gasteiger partial charge >= 0.3 is 0 Å². The molecule has 66 heavy (non-hydrogen) atoms. The fraction of sp³-hybridized carbons (Fsp3) is 0.273. The van der Waals surface area contributed by atoms with Crippen molar-refractivity contribution < 1.29 is 0 Å². The van der Waals surface area contributed by atoms with E-state index in [2.05, 4.69) is 210 Å². The zero-order chi connectivity index (χ0) is 45.5. The van der Waals surface area contributed by atoms with Crippen LogP contribution in [0.15, 0.2) is 182 Å². The third-order valence-electron chi connectivity index (χ3n) is 13.7. The zero-order valence-electron chi connectivity index (χ0n) is 40.2. The van der Waals surface area contributed by atoms with Gasteiger partial charge in [0.1, 0.15) is 0 Å². The van der Waals surface area contributed by atoms with Gasteiger partial charge in [-0.2, -0.15) is 0 Å². The first-order chi connectivity index (χ1) is 32.5. The zero-order valence-corrected chi connectivity index (χ0v) is 40.2. The average molecular weight is 863 g/mol. The highest BCUT2D eigenvalue weighted by molar-refractivity contribution is 5.92. The van der Waals surface area contributed by atoms with Crippen molar-refractivity contribution >= 4 is 0 Å². The molecule has 0 bridgehead atoms. The monoisotopic (exact) mass is 863 g/mol. The number of aryl methyl sites for hydroxylation is 4. The number of hydrogen-bond acceptors (Lipinski definition) is 0. The van der Waals surface area contributed by atoms with E-state index >= 15 is 0 Å². The van der Waals surface area contributed by atoms with Gasteiger partial charge in [0.15, 0.2) is 0 Å². The molecule has 8 aromatic carbocycles. The van der Waals surface area contributed by atoms with Crippen LogP contribution < -0.4 is 0 Å². The van der Waals surface area contributed by atoms with Gasteiger partial charge in [-0.1, -0.05) is 235 Å². The van der Waals surface area contributed by atoms with Crippen molar-refractivity contribution in [1.82, 2.24) is 0 Å². The van der Waals surface area contributed by atoms with Crippen molar-refractivity contribution in [2.75, 3.05) is 0 Å². The predicted molar refractivity (Wildman–Crippen MR) is 288 cm³/mol. The Morgan fingerprint density at radius 1 is 0.258 bits per heavy atom. The van der Waals surface area contributed by atoms with Gasteiger partial charge in [-0.25, -0.2) is 0 Å². The molecule has 0 heterocycles. The molecule has 0 saturated heterocycles. The van der Waals surface area contributed by atoms with Crippen LogP contribution in [0, 0.1) is 13.8 Å². The molecular weight excluding hydrogens is 793 g/mol. The van der Waals surface area contributed by atoms with Crippen LogP contribution in [0.5, 0.6) is 0 Å². The smallest absolute Gasteiger partial charge is 0.00988 e. The maximum Gasteiger partial charge on any atom is -0.00988 e. The molecule has 0 nitrogen and oxygen atoms in total. The highest BCUT2D eigenvalue weighted by Gasteiger charge is 2.18. The van der Waals surface area contributed by atoms with Gasteiger partial charge in [0.05, 0.1) is 0 Å². The normalized spacial score (nSPS) is 11.3. The number of hydrogen-bond donors (Lipinski definition) is 0.